The number of aliphatic hydroxyl groups is 3. The van der Waals surface area contributed by atoms with Crippen molar-refractivity contribution in [2.24, 2.45) is 0 Å². The molecule has 0 aromatic carbocycles. The maximum absolute atomic E-state index is 13.7. The molecule has 2 fully saturated rings. The molecule has 2 amide bonds. The molecule has 0 saturated carbocycles. The highest BCUT2D eigenvalue weighted by molar-refractivity contribution is 7.99. The van der Waals surface area contributed by atoms with Gasteiger partial charge in [0.15, 0.2) is 6.29 Å². The van der Waals surface area contributed by atoms with Crippen LogP contribution in [0.2, 0.25) is 0 Å². The van der Waals surface area contributed by atoms with E-state index >= 15 is 0 Å². The Morgan fingerprint density at radius 2 is 1.87 bits per heavy atom. The molecular formula is C26H41ClN2O9S. The van der Waals surface area contributed by atoms with Gasteiger partial charge in [-0.3, -0.25) is 9.69 Å². The third-order valence-corrected chi connectivity index (χ3v) is 7.79. The maximum atomic E-state index is 13.7. The molecule has 0 spiro atoms. The predicted octanol–water partition coefficient (Wildman–Crippen LogP) is 1.52. The number of rotatable bonds is 7. The van der Waals surface area contributed by atoms with Crippen LogP contribution in [0.5, 0.6) is 0 Å². The highest BCUT2D eigenvalue weighted by Gasteiger charge is 2.48. The average Bonchev–Trinajstić information content (AvgIpc) is 3.29. The molecule has 11 nitrogen and oxygen atoms in total. The van der Waals surface area contributed by atoms with Gasteiger partial charge in [-0.25, -0.2) is 4.79 Å². The highest BCUT2D eigenvalue weighted by Crippen LogP contribution is 2.31. The molecule has 3 rings (SSSR count). The van der Waals surface area contributed by atoms with E-state index in [0.717, 1.165) is 5.57 Å². The molecule has 0 aromatic heterocycles. The summed E-state index contributed by atoms with van der Waals surface area (Å²) in [5, 5.41) is 33.4. The predicted molar refractivity (Wildman–Crippen MR) is 146 cm³/mol. The van der Waals surface area contributed by atoms with Crippen molar-refractivity contribution in [1.82, 2.24) is 10.2 Å². The minimum atomic E-state index is -1.50. The van der Waals surface area contributed by atoms with Crippen molar-refractivity contribution < 1.29 is 43.9 Å². The van der Waals surface area contributed by atoms with Gasteiger partial charge in [-0.1, -0.05) is 17.7 Å². The van der Waals surface area contributed by atoms with E-state index < -0.39 is 71.2 Å². The molecule has 0 aliphatic carbocycles. The normalized spacial score (nSPS) is 32.4. The third kappa shape index (κ3) is 8.56. The SMILES string of the molecule is CSC1OC([C@H](NC(=O)[C@@H]2CC=C(/C=C/C3OCCO3)CCN2C(=O)OC(C)(C)C)[C@H](C)Cl)C(O)C(O)C1O. The first-order chi connectivity index (χ1) is 18.3. The Hall–Kier alpha value is -1.38. The van der Waals surface area contributed by atoms with Crippen molar-refractivity contribution >= 4 is 35.4 Å². The zero-order chi connectivity index (χ0) is 28.9. The molecular weight excluding hydrogens is 552 g/mol. The standard InChI is InChI=1S/C26H41ClN2O9S/c1-14(27)18(22-20(31)19(30)21(32)24(37-22)39-5)28-23(33)16-8-6-15(7-9-17-35-12-13-36-17)10-11-29(16)25(34)38-26(2,3)4/h6-7,9,14,16-22,24,30-32H,8,10-13H2,1-5H3,(H,28,33)/b9-7+/t14-,16-,18+,19?,20?,21?,22?,24?/m0/s1. The number of aliphatic hydroxyl groups excluding tert-OH is 3. The Morgan fingerprint density at radius 3 is 2.46 bits per heavy atom. The van der Waals surface area contributed by atoms with Gasteiger partial charge in [-0.15, -0.1) is 23.4 Å². The van der Waals surface area contributed by atoms with Crippen LogP contribution in [0, 0.1) is 0 Å². The lowest BCUT2D eigenvalue weighted by atomic mass is 9.93. The largest absolute Gasteiger partial charge is 0.444 e. The van der Waals surface area contributed by atoms with Crippen LogP contribution in [0.4, 0.5) is 4.79 Å². The van der Waals surface area contributed by atoms with Gasteiger partial charge in [0.2, 0.25) is 5.91 Å². The number of amides is 2. The number of nitrogens with zero attached hydrogens (tertiary/aromatic N) is 1. The summed E-state index contributed by atoms with van der Waals surface area (Å²) in [6, 6.07) is -1.87. The fourth-order valence-corrected chi connectivity index (χ4v) is 5.50. The minimum absolute atomic E-state index is 0.198. The van der Waals surface area contributed by atoms with Gasteiger partial charge in [-0.05, 0) is 52.9 Å². The molecule has 5 unspecified atom stereocenters. The molecule has 0 aromatic rings. The third-order valence-electron chi connectivity index (χ3n) is 6.66. The summed E-state index contributed by atoms with van der Waals surface area (Å²) < 4.78 is 22.4. The summed E-state index contributed by atoms with van der Waals surface area (Å²) in [5.41, 5.74) is -0.690. The lowest BCUT2D eigenvalue weighted by Crippen LogP contribution is -2.65. The van der Waals surface area contributed by atoms with Gasteiger partial charge in [0.05, 0.1) is 24.6 Å². The summed E-state index contributed by atoms with van der Waals surface area (Å²) in [4.78, 5) is 28.3. The fraction of sp³-hybridized carbons (Fsp3) is 0.769. The van der Waals surface area contributed by atoms with Crippen molar-refractivity contribution in [3.63, 3.8) is 0 Å². The molecule has 3 aliphatic heterocycles. The zero-order valence-electron chi connectivity index (χ0n) is 23.0. The van der Waals surface area contributed by atoms with Crippen LogP contribution >= 0.6 is 23.4 Å². The molecule has 0 radical (unpaired) electrons. The summed E-state index contributed by atoms with van der Waals surface area (Å²) in [5.74, 6) is -0.514. The zero-order valence-corrected chi connectivity index (χ0v) is 24.6. The van der Waals surface area contributed by atoms with Gasteiger partial charge in [0.25, 0.3) is 0 Å². The van der Waals surface area contributed by atoms with Crippen LogP contribution in [-0.2, 0) is 23.7 Å². The molecule has 2 saturated heterocycles. The second-order valence-corrected chi connectivity index (χ2v) is 12.4. The van der Waals surface area contributed by atoms with Gasteiger partial charge < -0.3 is 39.6 Å². The Labute approximate surface area is 238 Å². The van der Waals surface area contributed by atoms with E-state index in [1.807, 2.05) is 12.2 Å². The number of thioether (sulfide) groups is 1. The van der Waals surface area contributed by atoms with Crippen molar-refractivity contribution in [1.29, 1.82) is 0 Å². The minimum Gasteiger partial charge on any atom is -0.444 e. The second-order valence-electron chi connectivity index (χ2n) is 10.8. The number of allylic oxidation sites excluding steroid dienone is 1. The van der Waals surface area contributed by atoms with Gasteiger partial charge in [0.1, 0.15) is 41.5 Å². The van der Waals surface area contributed by atoms with E-state index in [0.29, 0.717) is 19.6 Å². The summed E-state index contributed by atoms with van der Waals surface area (Å²) >= 11 is 7.60. The molecule has 13 heteroatoms. The molecule has 8 atom stereocenters. The van der Waals surface area contributed by atoms with Crippen molar-refractivity contribution in [3.05, 3.63) is 23.8 Å². The van der Waals surface area contributed by atoms with Gasteiger partial charge in [0, 0.05) is 6.54 Å². The molecule has 3 aliphatic rings. The van der Waals surface area contributed by atoms with Crippen LogP contribution in [-0.4, -0.2) is 117 Å². The second kappa shape index (κ2) is 14.0. The van der Waals surface area contributed by atoms with E-state index in [4.69, 9.17) is 30.5 Å². The van der Waals surface area contributed by atoms with Crippen LogP contribution < -0.4 is 5.32 Å². The van der Waals surface area contributed by atoms with Crippen molar-refractivity contribution in [2.45, 2.75) is 99.7 Å². The van der Waals surface area contributed by atoms with E-state index in [-0.39, 0.29) is 13.0 Å². The topological polar surface area (TPSA) is 147 Å². The Bertz CT molecular complexity index is 904. The molecule has 4 N–H and O–H groups in total. The number of carbonyl (C=O) groups is 2. The molecule has 0 bridgehead atoms. The maximum Gasteiger partial charge on any atom is 0.410 e. The van der Waals surface area contributed by atoms with E-state index in [1.165, 1.54) is 16.7 Å². The Kier molecular flexibility index (Phi) is 11.5. The number of ether oxygens (including phenoxy) is 4. The van der Waals surface area contributed by atoms with Crippen LogP contribution in [0.1, 0.15) is 40.5 Å². The number of halogens is 1. The van der Waals surface area contributed by atoms with Crippen molar-refractivity contribution in [3.8, 4) is 0 Å². The van der Waals surface area contributed by atoms with Crippen molar-refractivity contribution in [2.75, 3.05) is 26.0 Å². The first-order valence-electron chi connectivity index (χ1n) is 13.1. The first kappa shape index (κ1) is 32.1. The summed E-state index contributed by atoms with van der Waals surface area (Å²) in [6.45, 7) is 8.15. The number of nitrogens with one attached hydrogen (secondary N) is 1. The molecule has 222 valence electrons. The van der Waals surface area contributed by atoms with Gasteiger partial charge >= 0.3 is 6.09 Å². The molecule has 39 heavy (non-hydrogen) atoms. The van der Waals surface area contributed by atoms with E-state index in [1.54, 1.807) is 40.0 Å². The average molecular weight is 593 g/mol. The Morgan fingerprint density at radius 1 is 1.21 bits per heavy atom. The smallest absolute Gasteiger partial charge is 0.410 e. The quantitative estimate of drug-likeness (QED) is 0.321. The molecule has 3 heterocycles. The van der Waals surface area contributed by atoms with Crippen LogP contribution in [0.3, 0.4) is 0 Å². The number of alkyl halides is 1. The summed E-state index contributed by atoms with van der Waals surface area (Å²) in [7, 11) is 0. The van der Waals surface area contributed by atoms with Gasteiger partial charge in [-0.2, -0.15) is 0 Å². The number of hydrogen-bond donors (Lipinski definition) is 4. The van der Waals surface area contributed by atoms with E-state index in [9.17, 15) is 24.9 Å². The lowest BCUT2D eigenvalue weighted by molar-refractivity contribution is -0.205. The first-order valence-corrected chi connectivity index (χ1v) is 14.8. The lowest BCUT2D eigenvalue weighted by Gasteiger charge is -2.44. The van der Waals surface area contributed by atoms with Crippen LogP contribution in [0.25, 0.3) is 0 Å². The van der Waals surface area contributed by atoms with E-state index in [2.05, 4.69) is 5.32 Å². The Balaban J connectivity index is 1.82. The number of carbonyl (C=O) groups excluding carboxylic acids is 2. The summed E-state index contributed by atoms with van der Waals surface area (Å²) in [6.07, 6.45) is 1.47. The van der Waals surface area contributed by atoms with Crippen LogP contribution in [0.15, 0.2) is 23.8 Å². The monoisotopic (exact) mass is 592 g/mol. The fourth-order valence-electron chi connectivity index (χ4n) is 4.61. The number of hydrogen-bond acceptors (Lipinski definition) is 10. The highest BCUT2D eigenvalue weighted by atomic mass is 35.5.